The molecule has 0 bridgehead atoms. The number of aliphatic hydroxyl groups is 1. The van der Waals surface area contributed by atoms with E-state index in [1.807, 2.05) is 64.1 Å². The van der Waals surface area contributed by atoms with E-state index in [9.17, 15) is 9.90 Å². The minimum Gasteiger partial charge on any atom is -0.392 e. The van der Waals surface area contributed by atoms with Crippen molar-refractivity contribution in [3.8, 4) is 11.3 Å². The number of nitrogens with one attached hydrogen (secondary N) is 1. The number of hydrogen-bond donors (Lipinski definition) is 2. The maximum Gasteiger partial charge on any atom is 0.228 e. The lowest BCUT2D eigenvalue weighted by Crippen LogP contribution is -2.25. The van der Waals surface area contributed by atoms with Crippen LogP contribution in [0.3, 0.4) is 0 Å². The molecule has 1 aromatic heterocycles. The third-order valence-electron chi connectivity index (χ3n) is 3.73. The van der Waals surface area contributed by atoms with E-state index in [4.69, 9.17) is 0 Å². The number of carbonyl (C=O) groups excluding carboxylic acids is 1. The van der Waals surface area contributed by atoms with Crippen LogP contribution in [-0.4, -0.2) is 26.9 Å². The summed E-state index contributed by atoms with van der Waals surface area (Å²) in [5.74, 6) is 0.503. The Labute approximate surface area is 137 Å². The van der Waals surface area contributed by atoms with Crippen molar-refractivity contribution >= 4 is 11.7 Å². The third kappa shape index (κ3) is 4.42. The molecule has 1 aromatic carbocycles. The van der Waals surface area contributed by atoms with E-state index in [1.54, 1.807) is 4.68 Å². The third-order valence-corrected chi connectivity index (χ3v) is 3.73. The van der Waals surface area contributed by atoms with Crippen molar-refractivity contribution in [2.45, 2.75) is 46.3 Å². The first-order valence-corrected chi connectivity index (χ1v) is 8.01. The summed E-state index contributed by atoms with van der Waals surface area (Å²) in [4.78, 5) is 12.1. The topological polar surface area (TPSA) is 67.2 Å². The molecule has 0 aliphatic heterocycles. The summed E-state index contributed by atoms with van der Waals surface area (Å²) in [6.07, 6.45) is -0.555. The van der Waals surface area contributed by atoms with Gasteiger partial charge in [0, 0.05) is 17.7 Å². The van der Waals surface area contributed by atoms with E-state index < -0.39 is 6.10 Å². The number of nitrogens with zero attached hydrogens (tertiary/aromatic N) is 2. The number of benzene rings is 1. The van der Waals surface area contributed by atoms with Gasteiger partial charge in [0.05, 0.1) is 18.2 Å². The van der Waals surface area contributed by atoms with Crippen LogP contribution in [0.4, 0.5) is 5.82 Å². The van der Waals surface area contributed by atoms with Crippen LogP contribution in [0.1, 0.15) is 40.2 Å². The molecule has 0 fully saturated rings. The molecular weight excluding hydrogens is 290 g/mol. The second-order valence-electron chi connectivity index (χ2n) is 6.38. The highest BCUT2D eigenvalue weighted by atomic mass is 16.3. The summed E-state index contributed by atoms with van der Waals surface area (Å²) in [6.45, 7) is 7.81. The molecule has 0 aliphatic rings. The van der Waals surface area contributed by atoms with Gasteiger partial charge in [-0.3, -0.25) is 4.79 Å². The number of anilines is 1. The lowest BCUT2D eigenvalue weighted by Gasteiger charge is -2.15. The predicted octanol–water partition coefficient (Wildman–Crippen LogP) is 3.48. The Hall–Kier alpha value is -2.14. The number of rotatable bonds is 6. The minimum atomic E-state index is -0.640. The summed E-state index contributed by atoms with van der Waals surface area (Å²) in [5.41, 5.74) is 1.82. The maximum absolute atomic E-state index is 12.1. The first kappa shape index (κ1) is 17.2. The number of aliphatic hydroxyl groups excluding tert-OH is 1. The van der Waals surface area contributed by atoms with Gasteiger partial charge in [-0.2, -0.15) is 5.10 Å². The second-order valence-corrected chi connectivity index (χ2v) is 6.38. The van der Waals surface area contributed by atoms with Crippen molar-refractivity contribution in [2.75, 3.05) is 5.32 Å². The highest BCUT2D eigenvalue weighted by Crippen LogP contribution is 2.24. The second kappa shape index (κ2) is 7.42. The Morgan fingerprint density at radius 2 is 1.87 bits per heavy atom. The van der Waals surface area contributed by atoms with Gasteiger partial charge in [0.1, 0.15) is 5.82 Å². The fourth-order valence-corrected chi connectivity index (χ4v) is 2.25. The van der Waals surface area contributed by atoms with Gasteiger partial charge >= 0.3 is 0 Å². The Morgan fingerprint density at radius 3 is 2.43 bits per heavy atom. The van der Waals surface area contributed by atoms with Crippen LogP contribution in [0.5, 0.6) is 0 Å². The summed E-state index contributed by atoms with van der Waals surface area (Å²) >= 11 is 0. The molecule has 23 heavy (non-hydrogen) atoms. The molecule has 1 atom stereocenters. The molecule has 1 unspecified atom stereocenters. The van der Waals surface area contributed by atoms with Gasteiger partial charge in [-0.05, 0) is 19.8 Å². The summed E-state index contributed by atoms with van der Waals surface area (Å²) in [5, 5.41) is 17.3. The molecule has 0 radical (unpaired) electrons. The molecule has 0 saturated heterocycles. The van der Waals surface area contributed by atoms with Crippen molar-refractivity contribution in [1.82, 2.24) is 9.78 Å². The Morgan fingerprint density at radius 1 is 1.22 bits per heavy atom. The Balaban J connectivity index is 2.21. The van der Waals surface area contributed by atoms with Crippen molar-refractivity contribution in [3.05, 3.63) is 36.4 Å². The highest BCUT2D eigenvalue weighted by molar-refractivity contribution is 5.90. The van der Waals surface area contributed by atoms with Crippen molar-refractivity contribution in [2.24, 2.45) is 5.92 Å². The maximum atomic E-state index is 12.1. The van der Waals surface area contributed by atoms with Gasteiger partial charge in [0.25, 0.3) is 0 Å². The summed E-state index contributed by atoms with van der Waals surface area (Å²) in [6, 6.07) is 11.8. The van der Waals surface area contributed by atoms with Crippen molar-refractivity contribution in [3.63, 3.8) is 0 Å². The molecule has 2 N–H and O–H groups in total. The molecule has 2 rings (SSSR count). The summed E-state index contributed by atoms with van der Waals surface area (Å²) < 4.78 is 1.79. The number of carbonyl (C=O) groups is 1. The van der Waals surface area contributed by atoms with Crippen LogP contribution in [0.25, 0.3) is 11.3 Å². The zero-order valence-electron chi connectivity index (χ0n) is 14.2. The average molecular weight is 315 g/mol. The minimum absolute atomic E-state index is 0.0515. The molecule has 1 amide bonds. The number of aromatic nitrogens is 2. The quantitative estimate of drug-likeness (QED) is 0.857. The highest BCUT2D eigenvalue weighted by Gasteiger charge is 2.18. The largest absolute Gasteiger partial charge is 0.392 e. The van der Waals surface area contributed by atoms with Crippen molar-refractivity contribution < 1.29 is 9.90 Å². The fraction of sp³-hybridized carbons (Fsp3) is 0.444. The number of amides is 1. The molecule has 5 nitrogen and oxygen atoms in total. The lowest BCUT2D eigenvalue weighted by atomic mass is 10.0. The van der Waals surface area contributed by atoms with Crippen LogP contribution >= 0.6 is 0 Å². The average Bonchev–Trinajstić information content (AvgIpc) is 2.92. The molecule has 5 heteroatoms. The van der Waals surface area contributed by atoms with E-state index in [-0.39, 0.29) is 24.3 Å². The molecule has 0 spiro atoms. The van der Waals surface area contributed by atoms with E-state index in [0.717, 1.165) is 11.3 Å². The van der Waals surface area contributed by atoms with Gasteiger partial charge in [-0.15, -0.1) is 0 Å². The SMILES string of the molecule is CC(C)C(O)CC(=O)Nc1cc(-c2ccccc2)nn1C(C)C. The van der Waals surface area contributed by atoms with E-state index >= 15 is 0 Å². The number of hydrogen-bond acceptors (Lipinski definition) is 3. The Kier molecular flexibility index (Phi) is 5.55. The van der Waals surface area contributed by atoms with Gasteiger partial charge in [0.2, 0.25) is 5.91 Å². The Bertz CT molecular complexity index is 648. The van der Waals surface area contributed by atoms with Crippen LogP contribution in [0, 0.1) is 5.92 Å². The first-order valence-electron chi connectivity index (χ1n) is 8.01. The normalized spacial score (nSPS) is 12.7. The fourth-order valence-electron chi connectivity index (χ4n) is 2.25. The molecule has 0 saturated carbocycles. The standard InChI is InChI=1S/C18H25N3O2/c1-12(2)16(22)11-18(23)19-17-10-15(20-21(17)13(3)4)14-8-6-5-7-9-14/h5-10,12-13,16,22H,11H2,1-4H3,(H,19,23). The molecule has 1 heterocycles. The lowest BCUT2D eigenvalue weighted by molar-refractivity contribution is -0.118. The smallest absolute Gasteiger partial charge is 0.228 e. The van der Waals surface area contributed by atoms with Crippen LogP contribution < -0.4 is 5.32 Å². The predicted molar refractivity (Wildman–Crippen MR) is 92.1 cm³/mol. The van der Waals surface area contributed by atoms with Gasteiger partial charge in [0.15, 0.2) is 0 Å². The van der Waals surface area contributed by atoms with Crippen molar-refractivity contribution in [1.29, 1.82) is 0 Å². The van der Waals surface area contributed by atoms with Gasteiger partial charge < -0.3 is 10.4 Å². The zero-order chi connectivity index (χ0) is 17.0. The molecule has 124 valence electrons. The molecule has 0 aliphatic carbocycles. The van der Waals surface area contributed by atoms with Crippen LogP contribution in [0.15, 0.2) is 36.4 Å². The van der Waals surface area contributed by atoms with E-state index in [1.165, 1.54) is 0 Å². The van der Waals surface area contributed by atoms with E-state index in [0.29, 0.717) is 5.82 Å². The molecular formula is C18H25N3O2. The van der Waals surface area contributed by atoms with Gasteiger partial charge in [-0.25, -0.2) is 4.68 Å². The summed E-state index contributed by atoms with van der Waals surface area (Å²) in [7, 11) is 0. The van der Waals surface area contributed by atoms with Gasteiger partial charge in [-0.1, -0.05) is 44.2 Å². The van der Waals surface area contributed by atoms with Crippen LogP contribution in [-0.2, 0) is 4.79 Å². The zero-order valence-corrected chi connectivity index (χ0v) is 14.2. The monoisotopic (exact) mass is 315 g/mol. The first-order chi connectivity index (χ1) is 10.9. The molecule has 2 aromatic rings. The van der Waals surface area contributed by atoms with Crippen LogP contribution in [0.2, 0.25) is 0 Å². The van der Waals surface area contributed by atoms with E-state index in [2.05, 4.69) is 10.4 Å².